The number of aromatic nitrogens is 1. The lowest BCUT2D eigenvalue weighted by molar-refractivity contribution is -0.123. The fraction of sp³-hybridized carbons (Fsp3) is 0.292. The number of halogens is 1. The molecule has 1 fully saturated rings. The molecule has 2 amide bonds. The van der Waals surface area contributed by atoms with E-state index in [0.29, 0.717) is 34.7 Å². The molecule has 2 aliphatic rings. The third-order valence-electron chi connectivity index (χ3n) is 5.89. The minimum atomic E-state index is -0.898. The van der Waals surface area contributed by atoms with E-state index in [-0.39, 0.29) is 6.54 Å². The average Bonchev–Trinajstić information content (AvgIpc) is 3.47. The maximum absolute atomic E-state index is 13.2. The lowest BCUT2D eigenvalue weighted by Gasteiger charge is -2.20. The number of hydrogen-bond donors (Lipinski definition) is 0. The van der Waals surface area contributed by atoms with Gasteiger partial charge in [0.2, 0.25) is 5.89 Å². The fourth-order valence-corrected chi connectivity index (χ4v) is 4.22. The van der Waals surface area contributed by atoms with E-state index in [4.69, 9.17) is 20.8 Å². The van der Waals surface area contributed by atoms with Gasteiger partial charge in [-0.3, -0.25) is 14.6 Å². The van der Waals surface area contributed by atoms with Crippen LogP contribution in [-0.4, -0.2) is 40.5 Å². The van der Waals surface area contributed by atoms with E-state index in [9.17, 15) is 9.59 Å². The van der Waals surface area contributed by atoms with E-state index in [2.05, 4.69) is 15.3 Å². The van der Waals surface area contributed by atoms with Crippen LogP contribution in [0.3, 0.4) is 0 Å². The Balaban J connectivity index is 1.36. The van der Waals surface area contributed by atoms with Crippen molar-refractivity contribution in [2.75, 3.05) is 11.5 Å². The molecule has 174 valence electrons. The van der Waals surface area contributed by atoms with Crippen LogP contribution in [0.1, 0.15) is 23.9 Å². The molecule has 1 saturated heterocycles. The molecule has 2 aliphatic heterocycles. The summed E-state index contributed by atoms with van der Waals surface area (Å²) in [5.41, 5.74) is 2.69. The van der Waals surface area contributed by atoms with Gasteiger partial charge in [0.05, 0.1) is 18.8 Å². The van der Waals surface area contributed by atoms with Gasteiger partial charge in [-0.25, -0.2) is 9.88 Å². The molecule has 2 aromatic carbocycles. The Bertz CT molecular complexity index is 1300. The van der Waals surface area contributed by atoms with Crippen molar-refractivity contribution in [1.82, 2.24) is 9.99 Å². The van der Waals surface area contributed by atoms with Crippen molar-refractivity contribution < 1.29 is 18.7 Å². The topological polar surface area (TPSA) is 101 Å². The Morgan fingerprint density at radius 2 is 1.85 bits per heavy atom. The highest BCUT2D eigenvalue weighted by Crippen LogP contribution is 2.35. The van der Waals surface area contributed by atoms with Crippen LogP contribution in [0.25, 0.3) is 11.5 Å². The van der Waals surface area contributed by atoms with E-state index >= 15 is 0 Å². The summed E-state index contributed by atoms with van der Waals surface area (Å²) in [5.74, 6) is 0.998. The van der Waals surface area contributed by atoms with Crippen LogP contribution >= 0.6 is 11.6 Å². The lowest BCUT2D eigenvalue weighted by Crippen LogP contribution is -2.39. The van der Waals surface area contributed by atoms with Gasteiger partial charge in [-0.1, -0.05) is 22.9 Å². The molecule has 3 aromatic rings. The quantitative estimate of drug-likeness (QED) is 0.482. The van der Waals surface area contributed by atoms with Gasteiger partial charge in [-0.2, -0.15) is 5.11 Å². The summed E-state index contributed by atoms with van der Waals surface area (Å²) >= 11 is 6.21. The number of nitrogens with zero attached hydrogens (tertiary/aromatic N) is 5. The first-order valence-electron chi connectivity index (χ1n) is 10.9. The van der Waals surface area contributed by atoms with Crippen LogP contribution < -0.4 is 9.64 Å². The molecular weight excluding hydrogens is 458 g/mol. The van der Waals surface area contributed by atoms with Crippen LogP contribution in [0, 0.1) is 13.8 Å². The molecule has 0 aliphatic carbocycles. The monoisotopic (exact) mass is 479 g/mol. The Hall–Kier alpha value is -3.72. The maximum atomic E-state index is 13.2. The second-order valence-corrected chi connectivity index (χ2v) is 8.52. The zero-order valence-electron chi connectivity index (χ0n) is 18.9. The fourth-order valence-electron chi connectivity index (χ4n) is 4.04. The molecule has 0 saturated carbocycles. The van der Waals surface area contributed by atoms with Gasteiger partial charge in [0.25, 0.3) is 11.8 Å². The normalized spacial score (nSPS) is 19.3. The second kappa shape index (κ2) is 8.57. The number of imide groups is 1. The molecule has 0 N–H and O–H groups in total. The number of ether oxygens (including phenoxy) is 1. The highest BCUT2D eigenvalue weighted by atomic mass is 35.5. The van der Waals surface area contributed by atoms with Crippen molar-refractivity contribution in [3.8, 4) is 17.2 Å². The summed E-state index contributed by atoms with van der Waals surface area (Å²) in [6.07, 6.45) is 0. The van der Waals surface area contributed by atoms with E-state index in [1.54, 1.807) is 25.1 Å². The van der Waals surface area contributed by atoms with Crippen molar-refractivity contribution in [3.63, 3.8) is 0 Å². The number of benzene rings is 2. The summed E-state index contributed by atoms with van der Waals surface area (Å²) in [7, 11) is 0. The standard InChI is InChI=1S/C24H22ClN5O4/c1-4-33-17-9-6-15(7-10-17)22-26-19(14(3)34-22)12-29-21-20(27-28-29)23(31)30(24(21)32)16-8-5-13(2)18(25)11-16/h5-11,20-21H,4,12H2,1-3H3/t20-,21-/m1/s1. The Kier molecular flexibility index (Phi) is 5.57. The van der Waals surface area contributed by atoms with Crippen LogP contribution in [-0.2, 0) is 16.1 Å². The average molecular weight is 480 g/mol. The number of amides is 2. The Morgan fingerprint density at radius 3 is 2.56 bits per heavy atom. The zero-order valence-corrected chi connectivity index (χ0v) is 19.6. The van der Waals surface area contributed by atoms with E-state index in [1.807, 2.05) is 38.1 Å². The van der Waals surface area contributed by atoms with E-state index in [1.165, 1.54) is 5.01 Å². The smallest absolute Gasteiger partial charge is 0.263 e. The Morgan fingerprint density at radius 1 is 1.09 bits per heavy atom. The summed E-state index contributed by atoms with van der Waals surface area (Å²) in [5, 5.41) is 10.1. The van der Waals surface area contributed by atoms with Crippen molar-refractivity contribution in [2.45, 2.75) is 39.4 Å². The number of rotatable bonds is 6. The molecule has 34 heavy (non-hydrogen) atoms. The van der Waals surface area contributed by atoms with E-state index < -0.39 is 23.9 Å². The third kappa shape index (κ3) is 3.71. The minimum absolute atomic E-state index is 0.179. The van der Waals surface area contributed by atoms with Crippen LogP contribution in [0.5, 0.6) is 5.75 Å². The molecule has 2 atom stereocenters. The number of hydrogen-bond acceptors (Lipinski definition) is 8. The summed E-state index contributed by atoms with van der Waals surface area (Å²) in [6, 6.07) is 10.8. The highest BCUT2D eigenvalue weighted by molar-refractivity contribution is 6.32. The van der Waals surface area contributed by atoms with Gasteiger partial charge in [0.15, 0.2) is 12.1 Å². The number of carbonyl (C=O) groups excluding carboxylic acids is 2. The minimum Gasteiger partial charge on any atom is -0.494 e. The van der Waals surface area contributed by atoms with Gasteiger partial charge in [0, 0.05) is 10.6 Å². The molecule has 0 spiro atoms. The second-order valence-electron chi connectivity index (χ2n) is 8.12. The highest BCUT2D eigenvalue weighted by Gasteiger charge is 2.55. The molecule has 5 rings (SSSR count). The number of aryl methyl sites for hydroxylation is 2. The molecular formula is C24H22ClN5O4. The number of oxazole rings is 1. The molecule has 1 aromatic heterocycles. The summed E-state index contributed by atoms with van der Waals surface area (Å²) in [6.45, 7) is 6.34. The Labute approximate surface area is 201 Å². The molecule has 0 radical (unpaired) electrons. The van der Waals surface area contributed by atoms with Crippen LogP contribution in [0.2, 0.25) is 5.02 Å². The SMILES string of the molecule is CCOc1ccc(-c2nc(CN3N=N[C@H]4C(=O)N(c5ccc(C)c(Cl)c5)C(=O)[C@@H]43)c(C)o2)cc1. The first-order chi connectivity index (χ1) is 16.4. The van der Waals surface area contributed by atoms with Gasteiger partial charge < -0.3 is 9.15 Å². The predicted octanol–water partition coefficient (Wildman–Crippen LogP) is 4.50. The molecule has 3 heterocycles. The van der Waals surface area contributed by atoms with Crippen molar-refractivity contribution in [1.29, 1.82) is 0 Å². The molecule has 0 bridgehead atoms. The number of fused-ring (bicyclic) bond motifs is 1. The number of anilines is 1. The van der Waals surface area contributed by atoms with Crippen molar-refractivity contribution in [2.24, 2.45) is 10.3 Å². The van der Waals surface area contributed by atoms with Gasteiger partial charge >= 0.3 is 0 Å². The van der Waals surface area contributed by atoms with Crippen molar-refractivity contribution in [3.05, 3.63) is 64.5 Å². The number of carbonyl (C=O) groups is 2. The third-order valence-corrected chi connectivity index (χ3v) is 6.30. The first-order valence-corrected chi connectivity index (χ1v) is 11.3. The van der Waals surface area contributed by atoms with Gasteiger partial charge in [-0.05, 0) is 62.7 Å². The van der Waals surface area contributed by atoms with Crippen LogP contribution in [0.15, 0.2) is 57.2 Å². The first kappa shape index (κ1) is 22.1. The van der Waals surface area contributed by atoms with Gasteiger partial charge in [-0.15, -0.1) is 0 Å². The lowest BCUT2D eigenvalue weighted by atomic mass is 10.1. The predicted molar refractivity (Wildman–Crippen MR) is 125 cm³/mol. The van der Waals surface area contributed by atoms with Gasteiger partial charge in [0.1, 0.15) is 17.2 Å². The summed E-state index contributed by atoms with van der Waals surface area (Å²) < 4.78 is 11.3. The molecule has 10 heteroatoms. The molecule has 9 nitrogen and oxygen atoms in total. The largest absolute Gasteiger partial charge is 0.494 e. The summed E-state index contributed by atoms with van der Waals surface area (Å²) in [4.78, 5) is 31.9. The van der Waals surface area contributed by atoms with Crippen molar-refractivity contribution >= 4 is 29.1 Å². The van der Waals surface area contributed by atoms with E-state index in [0.717, 1.165) is 21.8 Å². The zero-order chi connectivity index (χ0) is 24.0. The maximum Gasteiger partial charge on any atom is 0.263 e. The molecule has 0 unspecified atom stereocenters. The van der Waals surface area contributed by atoms with Crippen LogP contribution in [0.4, 0.5) is 5.69 Å².